The number of hydrogen-bond donors (Lipinski definition) is 2. The minimum absolute atomic E-state index is 0.172. The number of rotatable bonds is 7. The molecule has 1 fully saturated rings. The molecule has 0 radical (unpaired) electrons. The average Bonchev–Trinajstić information content (AvgIpc) is 2.75. The van der Waals surface area contributed by atoms with Gasteiger partial charge in [0.25, 0.3) is 0 Å². The maximum atomic E-state index is 12.7. The third-order valence-electron chi connectivity index (χ3n) is 5.29. The van der Waals surface area contributed by atoms with E-state index in [9.17, 15) is 4.79 Å². The van der Waals surface area contributed by atoms with Crippen molar-refractivity contribution in [3.8, 4) is 0 Å². The second-order valence-corrected chi connectivity index (χ2v) is 8.67. The Bertz CT molecular complexity index is 588. The second kappa shape index (κ2) is 8.11. The Labute approximate surface area is 158 Å². The van der Waals surface area contributed by atoms with E-state index in [1.165, 1.54) is 0 Å². The van der Waals surface area contributed by atoms with E-state index in [0.29, 0.717) is 12.3 Å². The van der Waals surface area contributed by atoms with Gasteiger partial charge in [-0.05, 0) is 52.0 Å². The molecule has 2 rings (SSSR count). The molecule has 0 aromatic heterocycles. The highest BCUT2D eigenvalue weighted by Gasteiger charge is 2.54. The van der Waals surface area contributed by atoms with E-state index in [-0.39, 0.29) is 11.8 Å². The van der Waals surface area contributed by atoms with Crippen molar-refractivity contribution in [1.29, 1.82) is 0 Å². The average molecular weight is 360 g/mol. The van der Waals surface area contributed by atoms with Gasteiger partial charge in [-0.3, -0.25) is 4.79 Å². The second-order valence-electron chi connectivity index (χ2n) is 8.67. The summed E-state index contributed by atoms with van der Waals surface area (Å²) in [5.74, 6) is -0.00994. The molecule has 1 aliphatic rings. The maximum Gasteiger partial charge on any atom is 0.481 e. The summed E-state index contributed by atoms with van der Waals surface area (Å²) in [5, 5.41) is 3.07. The van der Waals surface area contributed by atoms with Gasteiger partial charge in [-0.15, -0.1) is 0 Å². The molecule has 6 heteroatoms. The molecule has 0 spiro atoms. The predicted molar refractivity (Wildman–Crippen MR) is 106 cm³/mol. The first-order valence-corrected chi connectivity index (χ1v) is 9.47. The molecule has 1 amide bonds. The van der Waals surface area contributed by atoms with Crippen LogP contribution in [0.5, 0.6) is 0 Å². The minimum atomic E-state index is -0.602. The monoisotopic (exact) mass is 360 g/mol. The Kier molecular flexibility index (Phi) is 6.53. The van der Waals surface area contributed by atoms with Crippen LogP contribution < -0.4 is 11.1 Å². The number of hydrogen-bond acceptors (Lipinski definition) is 4. The third kappa shape index (κ3) is 5.09. The summed E-state index contributed by atoms with van der Waals surface area (Å²) in [4.78, 5) is 12.7. The van der Waals surface area contributed by atoms with E-state index in [1.54, 1.807) is 0 Å². The molecule has 0 saturated carbocycles. The van der Waals surface area contributed by atoms with Gasteiger partial charge in [0.2, 0.25) is 5.91 Å². The zero-order chi connectivity index (χ0) is 19.5. The Morgan fingerprint density at radius 3 is 2.15 bits per heavy atom. The summed E-state index contributed by atoms with van der Waals surface area (Å²) in [7, 11) is -0.477. The van der Waals surface area contributed by atoms with Crippen LogP contribution in [0.25, 0.3) is 0 Å². The lowest BCUT2D eigenvalue weighted by Gasteiger charge is -2.32. The van der Waals surface area contributed by atoms with E-state index in [0.717, 1.165) is 12.0 Å². The molecule has 5 nitrogen and oxygen atoms in total. The van der Waals surface area contributed by atoms with Crippen LogP contribution in [-0.4, -0.2) is 36.2 Å². The Morgan fingerprint density at radius 2 is 1.65 bits per heavy atom. The highest BCUT2D eigenvalue weighted by molar-refractivity contribution is 6.48. The van der Waals surface area contributed by atoms with Crippen LogP contribution in [0.1, 0.15) is 53.5 Å². The normalized spacial score (nSPS) is 20.8. The molecular formula is C20H33BN2O3. The van der Waals surface area contributed by atoms with E-state index < -0.39 is 24.4 Å². The minimum Gasteiger partial charge on any atom is -0.402 e. The molecule has 1 aliphatic heterocycles. The number of carbonyl (C=O) groups is 1. The summed E-state index contributed by atoms with van der Waals surface area (Å²) >= 11 is 0. The highest BCUT2D eigenvalue weighted by Crippen LogP contribution is 2.38. The SMILES string of the molecule is CC(C)C[C@H](NC(=O)[C@@H](N)Cc1ccccc1)B1OC(C)(C)C(C)(C)O1. The summed E-state index contributed by atoms with van der Waals surface area (Å²) in [6.45, 7) is 12.3. The van der Waals surface area contributed by atoms with Gasteiger partial charge in [0.1, 0.15) is 0 Å². The van der Waals surface area contributed by atoms with Crippen molar-refractivity contribution < 1.29 is 14.1 Å². The van der Waals surface area contributed by atoms with Crippen LogP contribution in [-0.2, 0) is 20.5 Å². The van der Waals surface area contributed by atoms with Crippen LogP contribution in [0, 0.1) is 5.92 Å². The van der Waals surface area contributed by atoms with Gasteiger partial charge < -0.3 is 20.4 Å². The maximum absolute atomic E-state index is 12.7. The molecule has 1 saturated heterocycles. The van der Waals surface area contributed by atoms with Gasteiger partial charge in [-0.1, -0.05) is 44.2 Å². The molecule has 26 heavy (non-hydrogen) atoms. The van der Waals surface area contributed by atoms with E-state index in [1.807, 2.05) is 58.0 Å². The van der Waals surface area contributed by atoms with Crippen LogP contribution in [0.2, 0.25) is 0 Å². The fraction of sp³-hybridized carbons (Fsp3) is 0.650. The van der Waals surface area contributed by atoms with Crippen molar-refractivity contribution in [2.24, 2.45) is 11.7 Å². The fourth-order valence-corrected chi connectivity index (χ4v) is 3.05. The van der Waals surface area contributed by atoms with Gasteiger partial charge in [-0.2, -0.15) is 0 Å². The quantitative estimate of drug-likeness (QED) is 0.734. The van der Waals surface area contributed by atoms with Crippen molar-refractivity contribution in [3.05, 3.63) is 35.9 Å². The smallest absolute Gasteiger partial charge is 0.402 e. The zero-order valence-electron chi connectivity index (χ0n) is 16.9. The Morgan fingerprint density at radius 1 is 1.12 bits per heavy atom. The molecule has 1 heterocycles. The van der Waals surface area contributed by atoms with E-state index in [4.69, 9.17) is 15.0 Å². The van der Waals surface area contributed by atoms with Crippen molar-refractivity contribution in [2.45, 2.75) is 77.6 Å². The zero-order valence-corrected chi connectivity index (χ0v) is 16.9. The molecule has 0 unspecified atom stereocenters. The lowest BCUT2D eigenvalue weighted by Crippen LogP contribution is -2.53. The highest BCUT2D eigenvalue weighted by atomic mass is 16.7. The van der Waals surface area contributed by atoms with Crippen LogP contribution >= 0.6 is 0 Å². The number of benzene rings is 1. The molecule has 1 aromatic rings. The summed E-state index contributed by atoms with van der Waals surface area (Å²) in [5.41, 5.74) is 6.33. The first-order valence-electron chi connectivity index (χ1n) is 9.47. The predicted octanol–water partition coefficient (Wildman–Crippen LogP) is 2.72. The number of carbonyl (C=O) groups excluding carboxylic acids is 1. The first-order chi connectivity index (χ1) is 12.0. The Balaban J connectivity index is 2.04. The molecule has 0 aliphatic carbocycles. The van der Waals surface area contributed by atoms with Crippen LogP contribution in [0.3, 0.4) is 0 Å². The van der Waals surface area contributed by atoms with E-state index in [2.05, 4.69) is 19.2 Å². The summed E-state index contributed by atoms with van der Waals surface area (Å²) < 4.78 is 12.3. The largest absolute Gasteiger partial charge is 0.481 e. The number of amides is 1. The van der Waals surface area contributed by atoms with Gasteiger partial charge >= 0.3 is 7.12 Å². The van der Waals surface area contributed by atoms with Crippen molar-refractivity contribution in [1.82, 2.24) is 5.32 Å². The summed E-state index contributed by atoms with van der Waals surface area (Å²) in [6, 6.07) is 9.21. The van der Waals surface area contributed by atoms with Crippen LogP contribution in [0.4, 0.5) is 0 Å². The van der Waals surface area contributed by atoms with Crippen molar-refractivity contribution in [3.63, 3.8) is 0 Å². The molecule has 144 valence electrons. The fourth-order valence-electron chi connectivity index (χ4n) is 3.05. The van der Waals surface area contributed by atoms with Crippen LogP contribution in [0.15, 0.2) is 30.3 Å². The molecule has 2 atom stereocenters. The molecule has 1 aromatic carbocycles. The van der Waals surface area contributed by atoms with Gasteiger partial charge in [0, 0.05) is 0 Å². The van der Waals surface area contributed by atoms with Gasteiger partial charge in [0.05, 0.1) is 23.2 Å². The van der Waals surface area contributed by atoms with Crippen molar-refractivity contribution >= 4 is 13.0 Å². The molecule has 0 bridgehead atoms. The standard InChI is InChI=1S/C20H33BN2O3/c1-14(2)12-17(21-25-19(3,4)20(5,6)26-21)23-18(24)16(22)13-15-10-8-7-9-11-15/h7-11,14,16-17H,12-13,22H2,1-6H3,(H,23,24)/t16-,17-/m0/s1. The molecular weight excluding hydrogens is 327 g/mol. The van der Waals surface area contributed by atoms with E-state index >= 15 is 0 Å². The Hall–Kier alpha value is -1.37. The lowest BCUT2D eigenvalue weighted by molar-refractivity contribution is -0.122. The first kappa shape index (κ1) is 20.9. The topological polar surface area (TPSA) is 73.6 Å². The molecule has 3 N–H and O–H groups in total. The number of nitrogens with one attached hydrogen (secondary N) is 1. The van der Waals surface area contributed by atoms with Gasteiger partial charge in [-0.25, -0.2) is 0 Å². The third-order valence-corrected chi connectivity index (χ3v) is 5.29. The van der Waals surface area contributed by atoms with Crippen molar-refractivity contribution in [2.75, 3.05) is 0 Å². The van der Waals surface area contributed by atoms with Gasteiger partial charge in [0.15, 0.2) is 0 Å². The summed E-state index contributed by atoms with van der Waals surface area (Å²) in [6.07, 6.45) is 1.27. The number of nitrogens with two attached hydrogens (primary N) is 1. The lowest BCUT2D eigenvalue weighted by atomic mass is 9.74.